The third kappa shape index (κ3) is 1.67. The van der Waals surface area contributed by atoms with E-state index in [-0.39, 0.29) is 0 Å². The average molecular weight is 211 g/mol. The average Bonchev–Trinajstić information content (AvgIpc) is 2.18. The van der Waals surface area contributed by atoms with Gasteiger partial charge in [-0.1, -0.05) is 18.2 Å². The Hall–Kier alpha value is -0.870. The fraction of sp³-hybridized carbons (Fsp3) is 0.400. The van der Waals surface area contributed by atoms with Crippen LogP contribution in [0.3, 0.4) is 0 Å². The Balaban J connectivity index is 2.38. The third-order valence-corrected chi connectivity index (χ3v) is 3.52. The molecule has 1 heterocycles. The molecule has 3 nitrogen and oxygen atoms in total. The fourth-order valence-electron chi connectivity index (χ4n) is 1.87. The number of aryl methyl sites for hydroxylation is 1. The van der Waals surface area contributed by atoms with Gasteiger partial charge in [-0.3, -0.25) is 0 Å². The van der Waals surface area contributed by atoms with E-state index >= 15 is 0 Å². The Morgan fingerprint density at radius 3 is 2.86 bits per heavy atom. The molecule has 1 aliphatic heterocycles. The van der Waals surface area contributed by atoms with Crippen LogP contribution in [-0.2, 0) is 23.9 Å². The van der Waals surface area contributed by atoms with Crippen molar-refractivity contribution in [2.24, 2.45) is 0 Å². The number of thiol groups is 1. The van der Waals surface area contributed by atoms with Crippen molar-refractivity contribution in [1.29, 1.82) is 0 Å². The summed E-state index contributed by atoms with van der Waals surface area (Å²) in [5, 5.41) is 0. The molecule has 1 aromatic rings. The minimum atomic E-state index is -2.42. The predicted molar refractivity (Wildman–Crippen MR) is 55.6 cm³/mol. The van der Waals surface area contributed by atoms with Gasteiger partial charge < -0.3 is 0 Å². The number of hydrogen-bond acceptors (Lipinski definition) is 2. The number of fused-ring (bicyclic) bond motifs is 1. The molecular formula is C10H13NO2S. The molecule has 76 valence electrons. The van der Waals surface area contributed by atoms with E-state index in [0.717, 1.165) is 6.42 Å². The van der Waals surface area contributed by atoms with Gasteiger partial charge in [0, 0.05) is 13.1 Å². The van der Waals surface area contributed by atoms with Crippen LogP contribution in [0.4, 0.5) is 0 Å². The molecule has 0 spiro atoms. The maximum atomic E-state index is 10.8. The van der Waals surface area contributed by atoms with E-state index in [1.165, 1.54) is 21.0 Å². The van der Waals surface area contributed by atoms with E-state index in [4.69, 9.17) is 0 Å². The maximum absolute atomic E-state index is 10.8. The van der Waals surface area contributed by atoms with Crippen LogP contribution in [-0.4, -0.2) is 19.3 Å². The van der Waals surface area contributed by atoms with Crippen LogP contribution in [0, 0.1) is 6.92 Å². The van der Waals surface area contributed by atoms with Crippen LogP contribution in [0.15, 0.2) is 18.2 Å². The molecule has 0 fully saturated rings. The largest absolute Gasteiger partial charge is 0.215 e. The van der Waals surface area contributed by atoms with Gasteiger partial charge in [-0.25, -0.2) is 8.42 Å². The minimum Gasteiger partial charge on any atom is -0.215 e. The first-order chi connectivity index (χ1) is 6.68. The molecule has 0 unspecified atom stereocenters. The van der Waals surface area contributed by atoms with Crippen LogP contribution in [0.5, 0.6) is 0 Å². The molecule has 0 amide bonds. The van der Waals surface area contributed by atoms with Gasteiger partial charge >= 0.3 is 0 Å². The molecule has 14 heavy (non-hydrogen) atoms. The molecule has 0 aliphatic carbocycles. The van der Waals surface area contributed by atoms with Crippen LogP contribution in [0.2, 0.25) is 0 Å². The van der Waals surface area contributed by atoms with Crippen molar-refractivity contribution in [2.45, 2.75) is 19.9 Å². The Morgan fingerprint density at radius 1 is 1.36 bits per heavy atom. The van der Waals surface area contributed by atoms with Crippen molar-refractivity contribution in [3.05, 3.63) is 34.9 Å². The molecular weight excluding hydrogens is 198 g/mol. The summed E-state index contributed by atoms with van der Waals surface area (Å²) in [5.74, 6) is 0. The highest BCUT2D eigenvalue weighted by molar-refractivity contribution is 7.69. The Labute approximate surface area is 85.4 Å². The lowest BCUT2D eigenvalue weighted by atomic mass is 9.97. The van der Waals surface area contributed by atoms with E-state index in [0.29, 0.717) is 13.1 Å². The highest BCUT2D eigenvalue weighted by Crippen LogP contribution is 2.21. The van der Waals surface area contributed by atoms with Gasteiger partial charge in [0.15, 0.2) is 0 Å². The van der Waals surface area contributed by atoms with Crippen molar-refractivity contribution in [3.63, 3.8) is 0 Å². The summed E-state index contributed by atoms with van der Waals surface area (Å²) in [7, 11) is -2.42. The normalized spacial score (nSPS) is 17.0. The van der Waals surface area contributed by atoms with E-state index < -0.39 is 10.9 Å². The van der Waals surface area contributed by atoms with Crippen molar-refractivity contribution in [1.82, 2.24) is 4.31 Å². The highest BCUT2D eigenvalue weighted by atomic mass is 32.2. The number of hydrogen-bond donors (Lipinski definition) is 1. The molecule has 1 aromatic carbocycles. The van der Waals surface area contributed by atoms with Gasteiger partial charge in [0.05, 0.1) is 0 Å². The highest BCUT2D eigenvalue weighted by Gasteiger charge is 2.18. The van der Waals surface area contributed by atoms with Crippen molar-refractivity contribution >= 4 is 10.9 Å². The summed E-state index contributed by atoms with van der Waals surface area (Å²) in [4.78, 5) is 0. The van der Waals surface area contributed by atoms with Gasteiger partial charge in [-0.2, -0.15) is 4.31 Å². The summed E-state index contributed by atoms with van der Waals surface area (Å²) in [6.45, 7) is 3.19. The van der Waals surface area contributed by atoms with Crippen molar-refractivity contribution in [2.75, 3.05) is 6.54 Å². The van der Waals surface area contributed by atoms with Gasteiger partial charge in [-0.15, -0.1) is 0 Å². The van der Waals surface area contributed by atoms with Crippen molar-refractivity contribution < 1.29 is 8.42 Å². The van der Waals surface area contributed by atoms with E-state index in [2.05, 4.69) is 6.07 Å². The summed E-state index contributed by atoms with van der Waals surface area (Å²) < 4.78 is 23.2. The standard InChI is InChI=1S/C10H13NO2S/c1-8-3-2-4-9-5-6-11(14(12)13)7-10(8)9/h2-4,14H,5-7H2,1H3. The Kier molecular flexibility index (Phi) is 2.56. The second-order valence-corrected chi connectivity index (χ2v) is 4.63. The van der Waals surface area contributed by atoms with Crippen LogP contribution in [0.1, 0.15) is 16.7 Å². The second kappa shape index (κ2) is 3.71. The van der Waals surface area contributed by atoms with Crippen LogP contribution in [0.25, 0.3) is 0 Å². The van der Waals surface area contributed by atoms with Gasteiger partial charge in [0.1, 0.15) is 0 Å². The summed E-state index contributed by atoms with van der Waals surface area (Å²) in [6, 6.07) is 6.14. The minimum absolute atomic E-state index is 0.542. The van der Waals surface area contributed by atoms with Crippen molar-refractivity contribution in [3.8, 4) is 0 Å². The topological polar surface area (TPSA) is 37.4 Å². The molecule has 1 aliphatic rings. The van der Waals surface area contributed by atoms with Gasteiger partial charge in [0.2, 0.25) is 10.9 Å². The summed E-state index contributed by atoms with van der Waals surface area (Å²) in [5.41, 5.74) is 3.65. The first-order valence-corrected chi connectivity index (χ1v) is 5.78. The zero-order valence-electron chi connectivity index (χ0n) is 8.06. The third-order valence-electron chi connectivity index (χ3n) is 2.72. The zero-order valence-corrected chi connectivity index (χ0v) is 8.96. The predicted octanol–water partition coefficient (Wildman–Crippen LogP) is 0.880. The maximum Gasteiger partial charge on any atom is 0.204 e. The number of nitrogens with zero attached hydrogens (tertiary/aromatic N) is 1. The Morgan fingerprint density at radius 2 is 2.14 bits per heavy atom. The molecule has 0 aromatic heterocycles. The van der Waals surface area contributed by atoms with E-state index in [1.54, 1.807) is 0 Å². The number of benzene rings is 1. The molecule has 0 bridgehead atoms. The monoisotopic (exact) mass is 211 g/mol. The zero-order chi connectivity index (χ0) is 10.1. The molecule has 4 heteroatoms. The fourth-order valence-corrected chi connectivity index (χ4v) is 2.39. The van der Waals surface area contributed by atoms with Crippen LogP contribution < -0.4 is 0 Å². The lowest BCUT2D eigenvalue weighted by molar-refractivity contribution is 0.404. The lowest BCUT2D eigenvalue weighted by Crippen LogP contribution is -2.29. The van der Waals surface area contributed by atoms with E-state index in [9.17, 15) is 8.42 Å². The van der Waals surface area contributed by atoms with E-state index in [1.807, 2.05) is 19.1 Å². The molecule has 0 saturated heterocycles. The smallest absolute Gasteiger partial charge is 0.204 e. The molecule has 0 saturated carbocycles. The van der Waals surface area contributed by atoms with Gasteiger partial charge in [-0.05, 0) is 30.0 Å². The first-order valence-electron chi connectivity index (χ1n) is 4.65. The summed E-state index contributed by atoms with van der Waals surface area (Å²) >= 11 is 0. The molecule has 0 atom stereocenters. The summed E-state index contributed by atoms with van der Waals surface area (Å²) in [6.07, 6.45) is 0.834. The molecule has 0 N–H and O–H groups in total. The lowest BCUT2D eigenvalue weighted by Gasteiger charge is -2.24. The second-order valence-electron chi connectivity index (χ2n) is 3.59. The van der Waals surface area contributed by atoms with Gasteiger partial charge in [0.25, 0.3) is 0 Å². The van der Waals surface area contributed by atoms with Crippen LogP contribution >= 0.6 is 0 Å². The quantitative estimate of drug-likeness (QED) is 0.700. The SMILES string of the molecule is Cc1cccc2c1CN([SH](=O)=O)CC2. The molecule has 0 radical (unpaired) electrons. The number of rotatable bonds is 1. The molecule has 2 rings (SSSR count). The Bertz CT molecular complexity index is 418. The first kappa shape index (κ1) is 9.68.